The molecule has 0 aliphatic carbocycles. The molecule has 1 heterocycles. The van der Waals surface area contributed by atoms with Gasteiger partial charge in [-0.2, -0.15) is 0 Å². The molecule has 0 spiro atoms. The fourth-order valence-corrected chi connectivity index (χ4v) is 0.825. The van der Waals surface area contributed by atoms with Gasteiger partial charge in [0, 0.05) is 12.5 Å². The number of aliphatic hydroxyl groups is 1. The van der Waals surface area contributed by atoms with Crippen molar-refractivity contribution >= 4 is 5.97 Å². The highest BCUT2D eigenvalue weighted by Gasteiger charge is 2.17. The maximum absolute atomic E-state index is 10.4. The molecule has 0 amide bonds. The largest absolute Gasteiger partial charge is 0.481 e. The van der Waals surface area contributed by atoms with Gasteiger partial charge in [0.05, 0.1) is 18.2 Å². The van der Waals surface area contributed by atoms with Crippen LogP contribution in [0.5, 0.6) is 0 Å². The summed E-state index contributed by atoms with van der Waals surface area (Å²) in [6.07, 6.45) is 1.56. The molecule has 1 atom stereocenters. The molecule has 5 heteroatoms. The molecule has 12 heavy (non-hydrogen) atoms. The summed E-state index contributed by atoms with van der Waals surface area (Å²) < 4.78 is 4.52. The molecular weight excluding hydrogens is 162 g/mol. The number of rotatable bonds is 4. The van der Waals surface area contributed by atoms with E-state index in [0.717, 1.165) is 0 Å². The highest BCUT2D eigenvalue weighted by molar-refractivity contribution is 5.70. The highest BCUT2D eigenvalue weighted by Crippen LogP contribution is 2.05. The van der Waals surface area contributed by atoms with Crippen LogP contribution in [-0.4, -0.2) is 27.9 Å². The number of hydrogen-bond donors (Lipinski definition) is 2. The standard InChI is InChI=1S/C7H9NO4/c9-4-5(7(10)11)3-6-1-2-12-8-6/h1-2,5,9H,3-4H2,(H,10,11). The average Bonchev–Trinajstić information content (AvgIpc) is 2.51. The quantitative estimate of drug-likeness (QED) is 0.661. The molecule has 0 saturated carbocycles. The smallest absolute Gasteiger partial charge is 0.309 e. The van der Waals surface area contributed by atoms with Crippen LogP contribution in [0.2, 0.25) is 0 Å². The fraction of sp³-hybridized carbons (Fsp3) is 0.429. The Morgan fingerprint density at radius 3 is 2.92 bits per heavy atom. The second-order valence-electron chi connectivity index (χ2n) is 2.41. The van der Waals surface area contributed by atoms with Gasteiger partial charge in [0.15, 0.2) is 0 Å². The zero-order valence-electron chi connectivity index (χ0n) is 6.30. The molecule has 0 aliphatic heterocycles. The monoisotopic (exact) mass is 171 g/mol. The van der Waals surface area contributed by atoms with Crippen molar-refractivity contribution in [2.24, 2.45) is 5.92 Å². The minimum Gasteiger partial charge on any atom is -0.481 e. The summed E-state index contributed by atoms with van der Waals surface area (Å²) >= 11 is 0. The molecular formula is C7H9NO4. The summed E-state index contributed by atoms with van der Waals surface area (Å²) in [5.74, 6) is -1.82. The van der Waals surface area contributed by atoms with Crippen molar-refractivity contribution < 1.29 is 19.5 Å². The number of aromatic nitrogens is 1. The van der Waals surface area contributed by atoms with Gasteiger partial charge in [-0.05, 0) is 0 Å². The van der Waals surface area contributed by atoms with Crippen LogP contribution in [0.25, 0.3) is 0 Å². The van der Waals surface area contributed by atoms with Crippen LogP contribution in [-0.2, 0) is 11.2 Å². The van der Waals surface area contributed by atoms with Crippen molar-refractivity contribution in [1.29, 1.82) is 0 Å². The first kappa shape index (κ1) is 8.73. The number of aliphatic hydroxyl groups excluding tert-OH is 1. The molecule has 0 bridgehead atoms. The van der Waals surface area contributed by atoms with Crippen LogP contribution >= 0.6 is 0 Å². The van der Waals surface area contributed by atoms with E-state index in [-0.39, 0.29) is 13.0 Å². The molecule has 0 saturated heterocycles. The highest BCUT2D eigenvalue weighted by atomic mass is 16.5. The summed E-state index contributed by atoms with van der Waals surface area (Å²) in [4.78, 5) is 10.4. The third-order valence-electron chi connectivity index (χ3n) is 1.52. The fourth-order valence-electron chi connectivity index (χ4n) is 0.825. The lowest BCUT2D eigenvalue weighted by Gasteiger charge is -2.04. The van der Waals surface area contributed by atoms with Crippen molar-refractivity contribution in [3.8, 4) is 0 Å². The van der Waals surface area contributed by atoms with Gasteiger partial charge >= 0.3 is 5.97 Å². The molecule has 0 aliphatic rings. The SMILES string of the molecule is O=C(O)C(CO)Cc1ccon1. The van der Waals surface area contributed by atoms with E-state index < -0.39 is 11.9 Å². The van der Waals surface area contributed by atoms with Crippen LogP contribution in [0, 0.1) is 5.92 Å². The molecule has 0 radical (unpaired) electrons. The van der Waals surface area contributed by atoms with Gasteiger partial charge in [-0.1, -0.05) is 5.16 Å². The van der Waals surface area contributed by atoms with E-state index in [9.17, 15) is 4.79 Å². The Labute approximate surface area is 68.6 Å². The van der Waals surface area contributed by atoms with Crippen LogP contribution in [0.3, 0.4) is 0 Å². The second-order valence-corrected chi connectivity index (χ2v) is 2.41. The van der Waals surface area contributed by atoms with Crippen molar-refractivity contribution in [1.82, 2.24) is 5.16 Å². The Bertz CT molecular complexity index is 244. The minimum atomic E-state index is -1.03. The number of carbonyl (C=O) groups is 1. The zero-order chi connectivity index (χ0) is 8.97. The Morgan fingerprint density at radius 1 is 1.75 bits per heavy atom. The maximum Gasteiger partial charge on any atom is 0.309 e. The molecule has 0 aromatic carbocycles. The Balaban J connectivity index is 2.54. The third kappa shape index (κ3) is 2.06. The molecule has 5 nitrogen and oxygen atoms in total. The number of carboxylic acid groups (broad SMARTS) is 1. The second kappa shape index (κ2) is 3.87. The van der Waals surface area contributed by atoms with Crippen molar-refractivity contribution in [3.63, 3.8) is 0 Å². The van der Waals surface area contributed by atoms with Gasteiger partial charge in [-0.15, -0.1) is 0 Å². The number of hydrogen-bond acceptors (Lipinski definition) is 4. The minimum absolute atomic E-state index is 0.197. The summed E-state index contributed by atoms with van der Waals surface area (Å²) in [5, 5.41) is 20.7. The van der Waals surface area contributed by atoms with Crippen molar-refractivity contribution in [3.05, 3.63) is 18.0 Å². The Hall–Kier alpha value is -1.36. The van der Waals surface area contributed by atoms with E-state index in [1.807, 2.05) is 0 Å². The summed E-state index contributed by atoms with van der Waals surface area (Å²) in [5.41, 5.74) is 0.538. The molecule has 1 aromatic heterocycles. The molecule has 1 rings (SSSR count). The van der Waals surface area contributed by atoms with Crippen molar-refractivity contribution in [2.75, 3.05) is 6.61 Å². The van der Waals surface area contributed by atoms with Crippen LogP contribution in [0.15, 0.2) is 16.9 Å². The first-order valence-electron chi connectivity index (χ1n) is 3.47. The number of aliphatic carboxylic acids is 1. The van der Waals surface area contributed by atoms with E-state index in [1.54, 1.807) is 6.07 Å². The predicted octanol–water partition coefficient (Wildman–Crippen LogP) is -0.0898. The first-order valence-corrected chi connectivity index (χ1v) is 3.47. The molecule has 2 N–H and O–H groups in total. The lowest BCUT2D eigenvalue weighted by Crippen LogP contribution is -2.20. The van der Waals surface area contributed by atoms with Crippen LogP contribution < -0.4 is 0 Å². The van der Waals surface area contributed by atoms with Crippen molar-refractivity contribution in [2.45, 2.75) is 6.42 Å². The molecule has 0 fully saturated rings. The van der Waals surface area contributed by atoms with E-state index in [1.165, 1.54) is 6.26 Å². The lowest BCUT2D eigenvalue weighted by molar-refractivity contribution is -0.143. The normalized spacial score (nSPS) is 12.8. The number of carboxylic acids is 1. The van der Waals surface area contributed by atoms with Gasteiger partial charge in [-0.3, -0.25) is 4.79 Å². The average molecular weight is 171 g/mol. The maximum atomic E-state index is 10.4. The molecule has 1 aromatic rings. The van der Waals surface area contributed by atoms with E-state index in [2.05, 4.69) is 9.68 Å². The number of nitrogens with zero attached hydrogens (tertiary/aromatic N) is 1. The lowest BCUT2D eigenvalue weighted by atomic mass is 10.1. The molecule has 1 unspecified atom stereocenters. The summed E-state index contributed by atoms with van der Waals surface area (Å²) in [7, 11) is 0. The van der Waals surface area contributed by atoms with Crippen LogP contribution in [0.4, 0.5) is 0 Å². The summed E-state index contributed by atoms with van der Waals surface area (Å²) in [6.45, 7) is -0.387. The van der Waals surface area contributed by atoms with Gasteiger partial charge in [-0.25, -0.2) is 0 Å². The Morgan fingerprint density at radius 2 is 2.50 bits per heavy atom. The Kier molecular flexibility index (Phi) is 2.82. The third-order valence-corrected chi connectivity index (χ3v) is 1.52. The predicted molar refractivity (Wildman–Crippen MR) is 38.4 cm³/mol. The van der Waals surface area contributed by atoms with Gasteiger partial charge in [0.25, 0.3) is 0 Å². The van der Waals surface area contributed by atoms with E-state index in [4.69, 9.17) is 10.2 Å². The van der Waals surface area contributed by atoms with Gasteiger partial charge in [0.1, 0.15) is 6.26 Å². The summed E-state index contributed by atoms with van der Waals surface area (Å²) in [6, 6.07) is 1.58. The van der Waals surface area contributed by atoms with Gasteiger partial charge in [0.2, 0.25) is 0 Å². The van der Waals surface area contributed by atoms with Gasteiger partial charge < -0.3 is 14.7 Å². The van der Waals surface area contributed by atoms with Crippen LogP contribution in [0.1, 0.15) is 5.69 Å². The van der Waals surface area contributed by atoms with E-state index >= 15 is 0 Å². The topological polar surface area (TPSA) is 83.6 Å². The van der Waals surface area contributed by atoms with E-state index in [0.29, 0.717) is 5.69 Å². The zero-order valence-corrected chi connectivity index (χ0v) is 6.30. The first-order chi connectivity index (χ1) is 5.74. The molecule has 66 valence electrons.